The number of carbonyl (C=O) groups is 1. The van der Waals surface area contributed by atoms with E-state index >= 15 is 0 Å². The Labute approximate surface area is 117 Å². The molecule has 1 aromatic heterocycles. The molecule has 0 bridgehead atoms. The van der Waals surface area contributed by atoms with Gasteiger partial charge in [0, 0.05) is 19.9 Å². The van der Waals surface area contributed by atoms with E-state index < -0.39 is 21.6 Å². The Hall–Kier alpha value is -1.45. The van der Waals surface area contributed by atoms with Crippen LogP contribution < -0.4 is 4.72 Å². The van der Waals surface area contributed by atoms with E-state index in [1.54, 1.807) is 13.8 Å². The van der Waals surface area contributed by atoms with E-state index in [1.807, 2.05) is 0 Å². The van der Waals surface area contributed by atoms with E-state index in [1.165, 1.54) is 24.2 Å². The van der Waals surface area contributed by atoms with Gasteiger partial charge in [-0.25, -0.2) is 13.1 Å². The number of ether oxygens (including phenoxy) is 1. The summed E-state index contributed by atoms with van der Waals surface area (Å²) >= 11 is 0. The standard InChI is InChI=1S/C11H19N3O5S/c1-11(2,19-3)8-13-20(17,18)9-6-12-14(7-9)5-4-10(15)16/h6-7,13H,4-5,8H2,1-3H3,(H,15,16). The molecule has 0 aliphatic carbocycles. The van der Waals surface area contributed by atoms with Crippen molar-refractivity contribution >= 4 is 16.0 Å². The number of aromatic nitrogens is 2. The van der Waals surface area contributed by atoms with Crippen LogP contribution in [0.15, 0.2) is 17.3 Å². The van der Waals surface area contributed by atoms with Gasteiger partial charge in [0.15, 0.2) is 0 Å². The first-order valence-electron chi connectivity index (χ1n) is 5.95. The molecule has 0 aromatic carbocycles. The Morgan fingerprint density at radius 2 is 2.20 bits per heavy atom. The second kappa shape index (κ2) is 6.33. The van der Waals surface area contributed by atoms with Crippen LogP contribution in [0.5, 0.6) is 0 Å². The summed E-state index contributed by atoms with van der Waals surface area (Å²) in [5.41, 5.74) is -0.619. The van der Waals surface area contributed by atoms with Crippen molar-refractivity contribution < 1.29 is 23.1 Å². The lowest BCUT2D eigenvalue weighted by molar-refractivity contribution is -0.137. The van der Waals surface area contributed by atoms with Gasteiger partial charge in [0.05, 0.1) is 24.8 Å². The lowest BCUT2D eigenvalue weighted by Crippen LogP contribution is -2.39. The van der Waals surface area contributed by atoms with Crippen molar-refractivity contribution in [3.63, 3.8) is 0 Å². The van der Waals surface area contributed by atoms with Crippen molar-refractivity contribution in [3.05, 3.63) is 12.4 Å². The number of aliphatic carboxylic acids is 1. The summed E-state index contributed by atoms with van der Waals surface area (Å²) in [5, 5.41) is 12.4. The number of nitrogens with one attached hydrogen (secondary N) is 1. The summed E-state index contributed by atoms with van der Waals surface area (Å²) < 4.78 is 32.9. The number of nitrogens with zero attached hydrogens (tertiary/aromatic N) is 2. The van der Waals surface area contributed by atoms with E-state index in [4.69, 9.17) is 9.84 Å². The first kappa shape index (κ1) is 16.6. The molecule has 114 valence electrons. The molecule has 2 N–H and O–H groups in total. The minimum atomic E-state index is -3.68. The van der Waals surface area contributed by atoms with Gasteiger partial charge in [0.25, 0.3) is 0 Å². The van der Waals surface area contributed by atoms with Crippen LogP contribution in [0.2, 0.25) is 0 Å². The first-order chi connectivity index (χ1) is 9.16. The van der Waals surface area contributed by atoms with Crippen LogP contribution in [0.4, 0.5) is 0 Å². The van der Waals surface area contributed by atoms with Gasteiger partial charge in [0.2, 0.25) is 10.0 Å². The van der Waals surface area contributed by atoms with Crippen LogP contribution in [0.1, 0.15) is 20.3 Å². The molecule has 20 heavy (non-hydrogen) atoms. The maximum absolute atomic E-state index is 12.0. The molecule has 0 saturated heterocycles. The molecule has 0 atom stereocenters. The van der Waals surface area contributed by atoms with Gasteiger partial charge >= 0.3 is 5.97 Å². The summed E-state index contributed by atoms with van der Waals surface area (Å²) in [6.07, 6.45) is 2.36. The molecule has 8 nitrogen and oxygen atoms in total. The number of hydrogen-bond donors (Lipinski definition) is 2. The number of aryl methyl sites for hydroxylation is 1. The molecule has 0 aliphatic rings. The quantitative estimate of drug-likeness (QED) is 0.702. The number of methoxy groups -OCH3 is 1. The molecule has 0 saturated carbocycles. The molecule has 0 aliphatic heterocycles. The number of carboxylic acids is 1. The third-order valence-electron chi connectivity index (χ3n) is 2.72. The predicted molar refractivity (Wildman–Crippen MR) is 70.8 cm³/mol. The normalized spacial score (nSPS) is 12.6. The highest BCUT2D eigenvalue weighted by Gasteiger charge is 2.22. The van der Waals surface area contributed by atoms with E-state index in [9.17, 15) is 13.2 Å². The van der Waals surface area contributed by atoms with Gasteiger partial charge in [-0.3, -0.25) is 9.48 Å². The SMILES string of the molecule is COC(C)(C)CNS(=O)(=O)c1cnn(CCC(=O)O)c1. The minimum absolute atomic E-state index is 0.00482. The molecule has 0 radical (unpaired) electrons. The van der Waals surface area contributed by atoms with E-state index in [0.717, 1.165) is 0 Å². The fourth-order valence-electron chi connectivity index (χ4n) is 1.24. The van der Waals surface area contributed by atoms with Crippen LogP contribution in [0.3, 0.4) is 0 Å². The van der Waals surface area contributed by atoms with Gasteiger partial charge in [-0.1, -0.05) is 0 Å². The molecular weight excluding hydrogens is 286 g/mol. The second-order valence-corrected chi connectivity index (χ2v) is 6.64. The van der Waals surface area contributed by atoms with Crippen LogP contribution in [-0.4, -0.2) is 48.5 Å². The third kappa shape index (κ3) is 4.91. The van der Waals surface area contributed by atoms with Crippen LogP contribution in [0.25, 0.3) is 0 Å². The molecule has 0 spiro atoms. The molecule has 0 unspecified atom stereocenters. The number of sulfonamides is 1. The molecular formula is C11H19N3O5S. The lowest BCUT2D eigenvalue weighted by atomic mass is 10.1. The Bertz CT molecular complexity index is 564. The van der Waals surface area contributed by atoms with E-state index in [0.29, 0.717) is 0 Å². The smallest absolute Gasteiger partial charge is 0.305 e. The maximum Gasteiger partial charge on any atom is 0.305 e. The molecule has 0 amide bonds. The van der Waals surface area contributed by atoms with Crippen molar-refractivity contribution in [2.75, 3.05) is 13.7 Å². The topological polar surface area (TPSA) is 111 Å². The zero-order valence-electron chi connectivity index (χ0n) is 11.7. The predicted octanol–water partition coefficient (Wildman–Crippen LogP) is 0.0611. The molecule has 0 fully saturated rings. The summed E-state index contributed by atoms with van der Waals surface area (Å²) in [6, 6.07) is 0. The third-order valence-corrected chi connectivity index (χ3v) is 4.07. The summed E-state index contributed by atoms with van der Waals surface area (Å²) in [5.74, 6) is -0.968. The van der Waals surface area contributed by atoms with Crippen LogP contribution in [-0.2, 0) is 26.1 Å². The van der Waals surface area contributed by atoms with Crippen molar-refractivity contribution in [2.45, 2.75) is 37.3 Å². The zero-order chi connectivity index (χ0) is 15.4. The Morgan fingerprint density at radius 1 is 1.55 bits per heavy atom. The van der Waals surface area contributed by atoms with Crippen molar-refractivity contribution in [3.8, 4) is 0 Å². The molecule has 1 heterocycles. The second-order valence-electron chi connectivity index (χ2n) is 4.87. The average Bonchev–Trinajstić information content (AvgIpc) is 2.84. The minimum Gasteiger partial charge on any atom is -0.481 e. The monoisotopic (exact) mass is 305 g/mol. The summed E-state index contributed by atoms with van der Waals surface area (Å²) in [4.78, 5) is 10.4. The van der Waals surface area contributed by atoms with Crippen LogP contribution in [0, 0.1) is 0 Å². The maximum atomic E-state index is 12.0. The van der Waals surface area contributed by atoms with Gasteiger partial charge in [-0.05, 0) is 13.8 Å². The Kier molecular flexibility index (Phi) is 5.26. The number of carboxylic acid groups (broad SMARTS) is 1. The highest BCUT2D eigenvalue weighted by molar-refractivity contribution is 7.89. The van der Waals surface area contributed by atoms with Gasteiger partial charge in [-0.2, -0.15) is 5.10 Å². The fraction of sp³-hybridized carbons (Fsp3) is 0.636. The lowest BCUT2D eigenvalue weighted by Gasteiger charge is -2.22. The molecule has 1 rings (SSSR count). The summed E-state index contributed by atoms with van der Waals surface area (Å²) in [6.45, 7) is 3.75. The Morgan fingerprint density at radius 3 is 2.75 bits per heavy atom. The van der Waals surface area contributed by atoms with Crippen molar-refractivity contribution in [1.29, 1.82) is 0 Å². The molecule has 1 aromatic rings. The van der Waals surface area contributed by atoms with Gasteiger partial charge in [0.1, 0.15) is 4.90 Å². The van der Waals surface area contributed by atoms with E-state index in [-0.39, 0.29) is 24.4 Å². The first-order valence-corrected chi connectivity index (χ1v) is 7.44. The highest BCUT2D eigenvalue weighted by Crippen LogP contribution is 2.10. The largest absolute Gasteiger partial charge is 0.481 e. The van der Waals surface area contributed by atoms with Crippen molar-refractivity contribution in [2.24, 2.45) is 0 Å². The zero-order valence-corrected chi connectivity index (χ0v) is 12.5. The summed E-state index contributed by atoms with van der Waals surface area (Å²) in [7, 11) is -2.18. The van der Waals surface area contributed by atoms with E-state index in [2.05, 4.69) is 9.82 Å². The van der Waals surface area contributed by atoms with Gasteiger partial charge in [-0.15, -0.1) is 0 Å². The highest BCUT2D eigenvalue weighted by atomic mass is 32.2. The fourth-order valence-corrected chi connectivity index (χ4v) is 2.39. The number of hydrogen-bond acceptors (Lipinski definition) is 5. The van der Waals surface area contributed by atoms with Gasteiger partial charge < -0.3 is 9.84 Å². The number of rotatable bonds is 8. The van der Waals surface area contributed by atoms with Crippen LogP contribution >= 0.6 is 0 Å². The Balaban J connectivity index is 2.71. The molecule has 9 heteroatoms. The van der Waals surface area contributed by atoms with Crippen molar-refractivity contribution in [1.82, 2.24) is 14.5 Å². The average molecular weight is 305 g/mol.